The number of hydrogen-bond donors (Lipinski definition) is 4. The Morgan fingerprint density at radius 2 is 0.870 bits per heavy atom. The van der Waals surface area contributed by atoms with Gasteiger partial charge in [0, 0.05) is 63.7 Å². The van der Waals surface area contributed by atoms with E-state index in [2.05, 4.69) is 4.90 Å². The van der Waals surface area contributed by atoms with E-state index in [0.717, 1.165) is 75.1 Å². The summed E-state index contributed by atoms with van der Waals surface area (Å²) in [6.07, 6.45) is 6.78. The predicted molar refractivity (Wildman–Crippen MR) is 213 cm³/mol. The SMILES string of the molecule is Oc1cccc2ccc(Cc3ccc4c(N(CC5CCCCC5)c5ccc(O)c6nc(Cc7ccc8cccc(O)c8n7)ccc56)ccc(O)c4n3)nc12. The summed E-state index contributed by atoms with van der Waals surface area (Å²) in [7, 11) is 0. The van der Waals surface area contributed by atoms with Crippen molar-refractivity contribution in [3.05, 3.63) is 132 Å². The summed E-state index contributed by atoms with van der Waals surface area (Å²) < 4.78 is 0. The van der Waals surface area contributed by atoms with Crippen LogP contribution in [0.15, 0.2) is 109 Å². The van der Waals surface area contributed by atoms with Crippen molar-refractivity contribution < 1.29 is 20.4 Å². The fraction of sp³-hybridized carbons (Fsp3) is 0.200. The van der Waals surface area contributed by atoms with Crippen molar-refractivity contribution >= 4 is 55.0 Å². The number of pyridine rings is 4. The van der Waals surface area contributed by atoms with Gasteiger partial charge >= 0.3 is 0 Å². The van der Waals surface area contributed by atoms with Gasteiger partial charge in [-0.3, -0.25) is 0 Å². The Morgan fingerprint density at radius 1 is 0.444 bits per heavy atom. The van der Waals surface area contributed by atoms with Crippen molar-refractivity contribution in [1.82, 2.24) is 19.9 Å². The summed E-state index contributed by atoms with van der Waals surface area (Å²) in [5.74, 6) is 0.927. The van der Waals surface area contributed by atoms with Gasteiger partial charge in [0.25, 0.3) is 0 Å². The summed E-state index contributed by atoms with van der Waals surface area (Å²) in [5, 5.41) is 46.5. The van der Waals surface area contributed by atoms with E-state index >= 15 is 0 Å². The number of benzene rings is 4. The summed E-state index contributed by atoms with van der Waals surface area (Å²) in [5.41, 5.74) is 6.96. The van der Waals surface area contributed by atoms with Crippen molar-refractivity contribution in [3.8, 4) is 23.0 Å². The molecule has 0 amide bonds. The van der Waals surface area contributed by atoms with Gasteiger partial charge in [-0.2, -0.15) is 0 Å². The quantitative estimate of drug-likeness (QED) is 0.121. The molecule has 1 aliphatic carbocycles. The van der Waals surface area contributed by atoms with Gasteiger partial charge in [0.05, 0.1) is 11.4 Å². The van der Waals surface area contributed by atoms with Gasteiger partial charge in [0.1, 0.15) is 45.1 Å². The maximum absolute atomic E-state index is 11.2. The van der Waals surface area contributed by atoms with Gasteiger partial charge in [0.2, 0.25) is 0 Å². The van der Waals surface area contributed by atoms with Gasteiger partial charge in [-0.1, -0.05) is 55.7 Å². The van der Waals surface area contributed by atoms with Crippen molar-refractivity contribution in [2.75, 3.05) is 11.4 Å². The lowest BCUT2D eigenvalue weighted by Crippen LogP contribution is -2.27. The standard InChI is InChI=1S/C45H39N5O4/c51-38-10-4-8-28-12-14-30(46-42(28)38)24-32-16-18-34-36(20-22-40(53)44(34)48-32)50(26-27-6-2-1-3-7-27)37-21-23-41(54)45-35(37)19-17-33(49-45)25-31-15-13-29-9-5-11-39(52)43(29)47-31/h4-5,8-23,27,51-54H,1-3,6-7,24-26H2. The molecule has 0 saturated heterocycles. The van der Waals surface area contributed by atoms with Crippen LogP contribution in [0.5, 0.6) is 23.0 Å². The molecular formula is C45H39N5O4. The minimum Gasteiger partial charge on any atom is -0.506 e. The summed E-state index contributed by atoms with van der Waals surface area (Å²) >= 11 is 0. The summed E-state index contributed by atoms with van der Waals surface area (Å²) in [4.78, 5) is 21.6. The smallest absolute Gasteiger partial charge is 0.141 e. The number of nitrogens with zero attached hydrogens (tertiary/aromatic N) is 5. The highest BCUT2D eigenvalue weighted by Crippen LogP contribution is 2.42. The molecule has 0 bridgehead atoms. The van der Waals surface area contributed by atoms with Crippen LogP contribution in [0.25, 0.3) is 43.6 Å². The van der Waals surface area contributed by atoms with Crippen LogP contribution in [0.2, 0.25) is 0 Å². The molecule has 8 aromatic rings. The molecule has 4 N–H and O–H groups in total. The Balaban J connectivity index is 1.10. The monoisotopic (exact) mass is 713 g/mol. The number of phenols is 4. The van der Waals surface area contributed by atoms with Crippen LogP contribution in [0.3, 0.4) is 0 Å². The van der Waals surface area contributed by atoms with Crippen LogP contribution in [-0.2, 0) is 12.8 Å². The maximum Gasteiger partial charge on any atom is 0.141 e. The first-order valence-corrected chi connectivity index (χ1v) is 18.5. The molecule has 0 aliphatic heterocycles. The van der Waals surface area contributed by atoms with Gasteiger partial charge < -0.3 is 25.3 Å². The average molecular weight is 714 g/mol. The molecule has 54 heavy (non-hydrogen) atoms. The highest BCUT2D eigenvalue weighted by atomic mass is 16.3. The Bertz CT molecular complexity index is 2530. The molecule has 4 heterocycles. The van der Waals surface area contributed by atoms with E-state index in [1.807, 2.05) is 72.8 Å². The Hall–Kier alpha value is -6.48. The van der Waals surface area contributed by atoms with Crippen LogP contribution >= 0.6 is 0 Å². The van der Waals surface area contributed by atoms with Crippen LogP contribution in [0, 0.1) is 5.92 Å². The third-order valence-corrected chi connectivity index (χ3v) is 10.7. The first kappa shape index (κ1) is 33.4. The third kappa shape index (κ3) is 6.32. The number of anilines is 2. The van der Waals surface area contributed by atoms with E-state index in [1.165, 1.54) is 19.3 Å². The highest BCUT2D eigenvalue weighted by molar-refractivity contribution is 6.03. The molecule has 0 radical (unpaired) electrons. The fourth-order valence-electron chi connectivity index (χ4n) is 7.99. The van der Waals surface area contributed by atoms with Gasteiger partial charge in [-0.05, 0) is 91.6 Å². The number of para-hydroxylation sites is 2. The van der Waals surface area contributed by atoms with E-state index < -0.39 is 0 Å². The van der Waals surface area contributed by atoms with Crippen molar-refractivity contribution in [2.45, 2.75) is 44.9 Å². The number of rotatable bonds is 8. The van der Waals surface area contributed by atoms with E-state index in [0.29, 0.717) is 40.8 Å². The second-order valence-corrected chi connectivity index (χ2v) is 14.4. The first-order valence-electron chi connectivity index (χ1n) is 18.5. The first-order chi connectivity index (χ1) is 26.4. The predicted octanol–water partition coefficient (Wildman–Crippen LogP) is 9.60. The average Bonchev–Trinajstić information content (AvgIpc) is 3.19. The number of fused-ring (bicyclic) bond motifs is 4. The van der Waals surface area contributed by atoms with Crippen molar-refractivity contribution in [2.24, 2.45) is 5.92 Å². The molecule has 0 spiro atoms. The molecule has 4 aromatic carbocycles. The van der Waals surface area contributed by atoms with Crippen LogP contribution in [0.1, 0.15) is 54.9 Å². The molecule has 9 heteroatoms. The second kappa shape index (κ2) is 13.8. The summed E-state index contributed by atoms with van der Waals surface area (Å²) in [6, 6.07) is 33.8. The molecular weight excluding hydrogens is 675 g/mol. The minimum absolute atomic E-state index is 0.0924. The fourth-order valence-corrected chi connectivity index (χ4v) is 7.99. The molecule has 1 fully saturated rings. The zero-order valence-electron chi connectivity index (χ0n) is 29.7. The molecule has 1 saturated carbocycles. The van der Waals surface area contributed by atoms with Gasteiger partial charge in [0.15, 0.2) is 0 Å². The molecule has 1 aliphatic rings. The van der Waals surface area contributed by atoms with Crippen molar-refractivity contribution in [1.29, 1.82) is 0 Å². The molecule has 268 valence electrons. The van der Waals surface area contributed by atoms with Gasteiger partial charge in [-0.15, -0.1) is 0 Å². The molecule has 9 nitrogen and oxygen atoms in total. The molecule has 0 unspecified atom stereocenters. The Kier molecular flexibility index (Phi) is 8.54. The normalized spacial score (nSPS) is 13.6. The lowest BCUT2D eigenvalue weighted by Gasteiger charge is -2.33. The van der Waals surface area contributed by atoms with E-state index in [4.69, 9.17) is 19.9 Å². The van der Waals surface area contributed by atoms with Crippen LogP contribution < -0.4 is 4.90 Å². The molecule has 9 rings (SSSR count). The molecule has 4 aromatic heterocycles. The van der Waals surface area contributed by atoms with Crippen molar-refractivity contribution in [3.63, 3.8) is 0 Å². The second-order valence-electron chi connectivity index (χ2n) is 14.4. The lowest BCUT2D eigenvalue weighted by atomic mass is 9.88. The summed E-state index contributed by atoms with van der Waals surface area (Å²) in [6.45, 7) is 0.762. The topological polar surface area (TPSA) is 136 Å². The number of hydrogen-bond acceptors (Lipinski definition) is 9. The molecule has 0 atom stereocenters. The van der Waals surface area contributed by atoms with Crippen LogP contribution in [0.4, 0.5) is 11.4 Å². The highest BCUT2D eigenvalue weighted by Gasteiger charge is 2.24. The lowest BCUT2D eigenvalue weighted by molar-refractivity contribution is 0.365. The third-order valence-electron chi connectivity index (χ3n) is 10.7. The number of aromatic hydroxyl groups is 4. The Morgan fingerprint density at radius 3 is 1.35 bits per heavy atom. The Labute approximate surface area is 311 Å². The van der Waals surface area contributed by atoms with E-state index in [1.54, 1.807) is 36.4 Å². The van der Waals surface area contributed by atoms with E-state index in [-0.39, 0.29) is 23.0 Å². The van der Waals surface area contributed by atoms with Gasteiger partial charge in [-0.25, -0.2) is 19.9 Å². The number of phenolic OH excluding ortho intramolecular Hbond substituents is 4. The largest absolute Gasteiger partial charge is 0.506 e. The maximum atomic E-state index is 11.2. The van der Waals surface area contributed by atoms with Crippen LogP contribution in [-0.4, -0.2) is 46.9 Å². The van der Waals surface area contributed by atoms with E-state index in [9.17, 15) is 20.4 Å². The zero-order valence-corrected chi connectivity index (χ0v) is 29.7. The minimum atomic E-state index is 0.0924. The number of aromatic nitrogens is 4. The zero-order chi connectivity index (χ0) is 36.8.